The van der Waals surface area contributed by atoms with E-state index in [2.05, 4.69) is 22.3 Å². The normalized spacial score (nSPS) is 10.7. The Labute approximate surface area is 77.9 Å². The molecule has 0 amide bonds. The molecule has 0 atom stereocenters. The van der Waals surface area contributed by atoms with Crippen LogP contribution in [-0.2, 0) is 0 Å². The quantitative estimate of drug-likeness (QED) is 0.653. The predicted molar refractivity (Wildman–Crippen MR) is 50.1 cm³/mol. The molecular weight excluding hydrogens is 225 g/mol. The summed E-state index contributed by atoms with van der Waals surface area (Å²) >= 11 is 9.17. The maximum absolute atomic E-state index is 5.87. The summed E-state index contributed by atoms with van der Waals surface area (Å²) < 4.78 is 1.71. The van der Waals surface area contributed by atoms with Gasteiger partial charge in [0.25, 0.3) is 0 Å². The summed E-state index contributed by atoms with van der Waals surface area (Å²) in [7, 11) is 0. The smallest absolute Gasteiger partial charge is 0.0980 e. The molecular formula is C8H4BrClN. The molecule has 2 aromatic rings. The number of para-hydroxylation sites is 1. The van der Waals surface area contributed by atoms with Crippen LogP contribution in [0.1, 0.15) is 0 Å². The van der Waals surface area contributed by atoms with E-state index in [1.165, 1.54) is 0 Å². The summed E-state index contributed by atoms with van der Waals surface area (Å²) in [5.74, 6) is 0. The highest BCUT2D eigenvalue weighted by Crippen LogP contribution is 2.25. The van der Waals surface area contributed by atoms with Gasteiger partial charge in [-0.15, -0.1) is 0 Å². The van der Waals surface area contributed by atoms with Gasteiger partial charge in [-0.2, -0.15) is 0 Å². The number of rotatable bonds is 0. The van der Waals surface area contributed by atoms with E-state index in [0.717, 1.165) is 10.9 Å². The van der Waals surface area contributed by atoms with Gasteiger partial charge < -0.3 is 0 Å². The minimum Gasteiger partial charge on any atom is -0.273 e. The number of hydrogen-bond acceptors (Lipinski definition) is 0. The molecule has 0 spiro atoms. The molecule has 3 heteroatoms. The average molecular weight is 229 g/mol. The molecule has 1 heterocycles. The van der Waals surface area contributed by atoms with E-state index in [1.54, 1.807) is 3.59 Å². The lowest BCUT2D eigenvalue weighted by Gasteiger charge is -1.89. The second-order valence-electron chi connectivity index (χ2n) is 2.22. The molecule has 0 saturated heterocycles. The molecule has 0 bridgehead atoms. The third kappa shape index (κ3) is 1.06. The van der Waals surface area contributed by atoms with E-state index in [1.807, 2.05) is 24.3 Å². The van der Waals surface area contributed by atoms with Crippen LogP contribution in [0, 0.1) is 6.20 Å². The Morgan fingerprint density at radius 3 is 2.82 bits per heavy atom. The Bertz CT molecular complexity index is 358. The van der Waals surface area contributed by atoms with Crippen molar-refractivity contribution in [1.29, 1.82) is 0 Å². The van der Waals surface area contributed by atoms with Crippen molar-refractivity contribution < 1.29 is 0 Å². The first-order chi connectivity index (χ1) is 5.29. The molecule has 0 aliphatic rings. The zero-order valence-corrected chi connectivity index (χ0v) is 7.85. The lowest BCUT2D eigenvalue weighted by molar-refractivity contribution is 1.37. The molecule has 1 aromatic heterocycles. The number of aromatic nitrogens is 1. The van der Waals surface area contributed by atoms with Crippen LogP contribution in [0.25, 0.3) is 10.9 Å². The van der Waals surface area contributed by atoms with Gasteiger partial charge in [0.1, 0.15) is 0 Å². The summed E-state index contributed by atoms with van der Waals surface area (Å²) in [6.45, 7) is 0. The van der Waals surface area contributed by atoms with Crippen LogP contribution >= 0.6 is 27.7 Å². The summed E-state index contributed by atoms with van der Waals surface area (Å²) in [6.07, 6.45) is 2.91. The molecule has 1 radical (unpaired) electrons. The minimum absolute atomic E-state index is 0.650. The highest BCUT2D eigenvalue weighted by atomic mass is 79.9. The summed E-state index contributed by atoms with van der Waals surface area (Å²) in [5.41, 5.74) is 1.04. The highest BCUT2D eigenvalue weighted by Gasteiger charge is 2.03. The fraction of sp³-hybridized carbons (Fsp3) is 0. The molecule has 55 valence electrons. The molecule has 1 nitrogen and oxygen atoms in total. The number of benzene rings is 1. The Balaban J connectivity index is 2.95. The number of fused-ring (bicyclic) bond motifs is 1. The van der Waals surface area contributed by atoms with Crippen molar-refractivity contribution in [1.82, 2.24) is 3.59 Å². The Morgan fingerprint density at radius 1 is 1.36 bits per heavy atom. The topological polar surface area (TPSA) is 4.93 Å². The van der Waals surface area contributed by atoms with Crippen LogP contribution < -0.4 is 0 Å². The van der Waals surface area contributed by atoms with Crippen LogP contribution in [-0.4, -0.2) is 3.59 Å². The lowest BCUT2D eigenvalue weighted by atomic mass is 10.3. The van der Waals surface area contributed by atoms with Gasteiger partial charge in [0, 0.05) is 5.39 Å². The van der Waals surface area contributed by atoms with Crippen molar-refractivity contribution in [3.63, 3.8) is 0 Å². The SMILES string of the molecule is Clc1[c]n(Br)c2ccccc12. The largest absolute Gasteiger partial charge is 0.273 e. The summed E-state index contributed by atoms with van der Waals surface area (Å²) in [5, 5.41) is 1.67. The highest BCUT2D eigenvalue weighted by molar-refractivity contribution is 9.08. The zero-order chi connectivity index (χ0) is 7.84. The number of hydrogen-bond donors (Lipinski definition) is 0. The third-order valence-electron chi connectivity index (χ3n) is 1.55. The van der Waals surface area contributed by atoms with Crippen molar-refractivity contribution in [2.75, 3.05) is 0 Å². The average Bonchev–Trinajstić information content (AvgIpc) is 2.30. The van der Waals surface area contributed by atoms with Crippen molar-refractivity contribution in [3.8, 4) is 0 Å². The Kier molecular flexibility index (Phi) is 1.66. The number of halogens is 2. The molecule has 0 unspecified atom stereocenters. The van der Waals surface area contributed by atoms with Gasteiger partial charge in [-0.25, -0.2) is 0 Å². The molecule has 0 fully saturated rings. The molecule has 2 rings (SSSR count). The van der Waals surface area contributed by atoms with Gasteiger partial charge in [-0.3, -0.25) is 3.59 Å². The molecule has 0 N–H and O–H groups in total. The predicted octanol–water partition coefficient (Wildman–Crippen LogP) is 3.25. The van der Waals surface area contributed by atoms with E-state index >= 15 is 0 Å². The third-order valence-corrected chi connectivity index (χ3v) is 2.40. The fourth-order valence-corrected chi connectivity index (χ4v) is 1.87. The molecule has 0 saturated carbocycles. The monoisotopic (exact) mass is 228 g/mol. The van der Waals surface area contributed by atoms with Crippen molar-refractivity contribution in [2.45, 2.75) is 0 Å². The van der Waals surface area contributed by atoms with Crippen molar-refractivity contribution in [2.24, 2.45) is 0 Å². The van der Waals surface area contributed by atoms with E-state index in [0.29, 0.717) is 5.02 Å². The van der Waals surface area contributed by atoms with Gasteiger partial charge in [-0.05, 0) is 6.07 Å². The van der Waals surface area contributed by atoms with Gasteiger partial charge in [-0.1, -0.05) is 29.8 Å². The van der Waals surface area contributed by atoms with Crippen molar-refractivity contribution in [3.05, 3.63) is 35.5 Å². The van der Waals surface area contributed by atoms with Crippen LogP contribution in [0.5, 0.6) is 0 Å². The summed E-state index contributed by atoms with van der Waals surface area (Å²) in [6, 6.07) is 7.86. The number of nitrogens with zero attached hydrogens (tertiary/aromatic N) is 1. The second kappa shape index (κ2) is 2.54. The molecule has 1 aromatic carbocycles. The summed E-state index contributed by atoms with van der Waals surface area (Å²) in [4.78, 5) is 0. The molecule has 0 aliphatic carbocycles. The minimum atomic E-state index is 0.650. The molecule has 11 heavy (non-hydrogen) atoms. The second-order valence-corrected chi connectivity index (χ2v) is 3.31. The Hall–Kier alpha value is -0.470. The zero-order valence-electron chi connectivity index (χ0n) is 5.51. The lowest BCUT2D eigenvalue weighted by Crippen LogP contribution is -1.72. The van der Waals surface area contributed by atoms with Crippen LogP contribution in [0.2, 0.25) is 5.02 Å². The van der Waals surface area contributed by atoms with Gasteiger partial charge in [0.15, 0.2) is 0 Å². The van der Waals surface area contributed by atoms with E-state index in [-0.39, 0.29) is 0 Å². The fourth-order valence-electron chi connectivity index (χ4n) is 1.04. The maximum Gasteiger partial charge on any atom is 0.0980 e. The van der Waals surface area contributed by atoms with Crippen LogP contribution in [0.15, 0.2) is 24.3 Å². The van der Waals surface area contributed by atoms with Crippen LogP contribution in [0.3, 0.4) is 0 Å². The first-order valence-electron chi connectivity index (χ1n) is 3.13. The van der Waals surface area contributed by atoms with Gasteiger partial charge in [0.05, 0.1) is 32.9 Å². The van der Waals surface area contributed by atoms with Gasteiger partial charge >= 0.3 is 0 Å². The van der Waals surface area contributed by atoms with Gasteiger partial charge in [0.2, 0.25) is 0 Å². The molecule has 0 aliphatic heterocycles. The van der Waals surface area contributed by atoms with E-state index < -0.39 is 0 Å². The van der Waals surface area contributed by atoms with E-state index in [4.69, 9.17) is 11.6 Å². The van der Waals surface area contributed by atoms with Crippen LogP contribution in [0.4, 0.5) is 0 Å². The Morgan fingerprint density at radius 2 is 2.09 bits per heavy atom. The van der Waals surface area contributed by atoms with Crippen molar-refractivity contribution >= 4 is 38.7 Å². The van der Waals surface area contributed by atoms with E-state index in [9.17, 15) is 0 Å². The first-order valence-corrected chi connectivity index (χ1v) is 4.22. The first kappa shape index (κ1) is 7.19. The standard InChI is InChI=1S/C8H4BrClN/c9-11-5-7(10)6-3-1-2-4-8(6)11/h1-4H. The maximum atomic E-state index is 5.87.